The molecule has 0 aliphatic heterocycles. The summed E-state index contributed by atoms with van der Waals surface area (Å²) in [5.74, 6) is 1.25. The van der Waals surface area contributed by atoms with Crippen molar-refractivity contribution in [1.82, 2.24) is 0 Å². The fraction of sp³-hybridized carbons (Fsp3) is 0.143. The van der Waals surface area contributed by atoms with Gasteiger partial charge in [-0.3, -0.25) is 0 Å². The predicted molar refractivity (Wildman–Crippen MR) is 110 cm³/mol. The Morgan fingerprint density at radius 2 is 1.52 bits per heavy atom. The summed E-state index contributed by atoms with van der Waals surface area (Å²) in [6.45, 7) is 1.92. The monoisotopic (exact) mass is 399 g/mol. The van der Waals surface area contributed by atoms with Gasteiger partial charge in [0.1, 0.15) is 5.75 Å². The molecule has 0 bridgehead atoms. The number of methoxy groups -OCH3 is 1. The van der Waals surface area contributed by atoms with Gasteiger partial charge in [-0.1, -0.05) is 48.0 Å². The highest BCUT2D eigenvalue weighted by Crippen LogP contribution is 2.22. The zero-order chi connectivity index (χ0) is 19.3. The highest BCUT2D eigenvalue weighted by atomic mass is 32.3. The van der Waals surface area contributed by atoms with Gasteiger partial charge in [-0.05, 0) is 59.6 Å². The quantitative estimate of drug-likeness (QED) is 0.601. The predicted octanol–water partition coefficient (Wildman–Crippen LogP) is 4.75. The summed E-state index contributed by atoms with van der Waals surface area (Å²) in [6, 6.07) is 24.0. The summed E-state index contributed by atoms with van der Waals surface area (Å²) >= 11 is 0. The van der Waals surface area contributed by atoms with Crippen molar-refractivity contribution in [3.8, 4) is 5.75 Å². The molecule has 0 amide bonds. The van der Waals surface area contributed by atoms with Crippen LogP contribution in [0.3, 0.4) is 0 Å². The molecule has 140 valence electrons. The first-order chi connectivity index (χ1) is 13.0. The molecule has 0 saturated heterocycles. The molecule has 1 atom stereocenters. The van der Waals surface area contributed by atoms with Gasteiger partial charge < -0.3 is 4.74 Å². The van der Waals surface area contributed by atoms with E-state index in [-0.39, 0.29) is 4.90 Å². The molecule has 0 spiro atoms. The van der Waals surface area contributed by atoms with E-state index in [2.05, 4.69) is 3.77 Å². The molecule has 0 heterocycles. The smallest absolute Gasteiger partial charge is 0.288 e. The van der Waals surface area contributed by atoms with Crippen molar-refractivity contribution in [3.63, 3.8) is 0 Å². The number of aryl methyl sites for hydroxylation is 1. The van der Waals surface area contributed by atoms with Gasteiger partial charge in [0.15, 0.2) is 0 Å². The lowest BCUT2D eigenvalue weighted by Gasteiger charge is -2.10. The van der Waals surface area contributed by atoms with Gasteiger partial charge in [-0.2, -0.15) is 8.42 Å². The third-order valence-electron chi connectivity index (χ3n) is 3.98. The van der Waals surface area contributed by atoms with Crippen molar-refractivity contribution in [2.45, 2.75) is 22.5 Å². The van der Waals surface area contributed by atoms with Crippen molar-refractivity contribution in [2.75, 3.05) is 7.11 Å². The van der Waals surface area contributed by atoms with Crippen LogP contribution in [0.15, 0.2) is 92.4 Å². The van der Waals surface area contributed by atoms with E-state index in [1.54, 1.807) is 31.4 Å². The average molecular weight is 400 g/mol. The second-order valence-electron chi connectivity index (χ2n) is 6.03. The fourth-order valence-corrected chi connectivity index (χ4v) is 5.94. The summed E-state index contributed by atoms with van der Waals surface area (Å²) in [5.41, 5.74) is 2.05. The van der Waals surface area contributed by atoms with Crippen molar-refractivity contribution in [1.29, 1.82) is 0 Å². The maximum atomic E-state index is 12.9. The molecule has 3 aromatic rings. The second kappa shape index (κ2) is 8.50. The van der Waals surface area contributed by atoms with Crippen LogP contribution in [0.1, 0.15) is 11.1 Å². The topological polar surface area (TPSA) is 55.7 Å². The van der Waals surface area contributed by atoms with Gasteiger partial charge in [-0.25, -0.2) is 0 Å². The molecule has 0 aliphatic carbocycles. The Bertz CT molecular complexity index is 1030. The molecule has 0 aliphatic rings. The van der Waals surface area contributed by atoms with Crippen molar-refractivity contribution in [3.05, 3.63) is 90.0 Å². The SMILES string of the molecule is COc1ccc(/S(Cc2ccccc2)=N\S(=O)(=O)c2ccc(C)cc2)cc1. The van der Waals surface area contributed by atoms with Gasteiger partial charge in [0.2, 0.25) is 0 Å². The zero-order valence-corrected chi connectivity index (χ0v) is 16.8. The molecule has 0 radical (unpaired) electrons. The van der Waals surface area contributed by atoms with Crippen LogP contribution in [-0.4, -0.2) is 15.5 Å². The molecule has 0 saturated carbocycles. The van der Waals surface area contributed by atoms with Crippen LogP contribution >= 0.6 is 0 Å². The molecule has 0 N–H and O–H groups in total. The molecule has 3 rings (SSSR count). The Labute approximate surface area is 163 Å². The van der Waals surface area contributed by atoms with E-state index < -0.39 is 20.7 Å². The minimum atomic E-state index is -3.75. The summed E-state index contributed by atoms with van der Waals surface area (Å²) in [5, 5.41) is 0. The Morgan fingerprint density at radius 3 is 2.11 bits per heavy atom. The number of benzene rings is 3. The van der Waals surface area contributed by atoms with E-state index in [1.165, 1.54) is 0 Å². The van der Waals surface area contributed by atoms with Crippen LogP contribution in [0.2, 0.25) is 0 Å². The van der Waals surface area contributed by atoms with Gasteiger partial charge in [0, 0.05) is 10.6 Å². The van der Waals surface area contributed by atoms with Crippen molar-refractivity contribution < 1.29 is 13.2 Å². The van der Waals surface area contributed by atoms with Crippen molar-refractivity contribution >= 4 is 20.7 Å². The lowest BCUT2D eigenvalue weighted by Crippen LogP contribution is -2.03. The first-order valence-corrected chi connectivity index (χ1v) is 11.2. The van der Waals surface area contributed by atoms with Crippen LogP contribution in [0, 0.1) is 6.92 Å². The lowest BCUT2D eigenvalue weighted by molar-refractivity contribution is 0.414. The Kier molecular flexibility index (Phi) is 6.08. The molecule has 27 heavy (non-hydrogen) atoms. The molecule has 0 aromatic heterocycles. The standard InChI is InChI=1S/C21H21NO3S2/c1-17-8-14-21(15-9-17)27(23,24)22-26(16-18-6-4-3-5-7-18)20-12-10-19(25-2)11-13-20/h3-15H,16H2,1-2H3. The van der Waals surface area contributed by atoms with E-state index >= 15 is 0 Å². The number of sulfonamides is 1. The Balaban J connectivity index is 2.04. The largest absolute Gasteiger partial charge is 0.497 e. The fourth-order valence-electron chi connectivity index (χ4n) is 2.49. The highest BCUT2D eigenvalue weighted by Gasteiger charge is 2.15. The third-order valence-corrected chi connectivity index (χ3v) is 7.78. The van der Waals surface area contributed by atoms with E-state index in [9.17, 15) is 8.42 Å². The lowest BCUT2D eigenvalue weighted by atomic mass is 10.2. The molecule has 0 fully saturated rings. The molecule has 4 nitrogen and oxygen atoms in total. The average Bonchev–Trinajstić information content (AvgIpc) is 2.68. The normalized spacial score (nSPS) is 12.7. The minimum absolute atomic E-state index is 0.215. The van der Waals surface area contributed by atoms with Gasteiger partial charge in [0.25, 0.3) is 10.0 Å². The number of ether oxygens (including phenoxy) is 1. The second-order valence-corrected chi connectivity index (χ2v) is 9.54. The number of nitrogens with zero attached hydrogens (tertiary/aromatic N) is 1. The van der Waals surface area contributed by atoms with E-state index in [0.717, 1.165) is 21.8 Å². The van der Waals surface area contributed by atoms with Gasteiger partial charge >= 0.3 is 0 Å². The summed E-state index contributed by atoms with van der Waals surface area (Å²) in [4.78, 5) is 1.07. The minimum Gasteiger partial charge on any atom is -0.497 e. The van der Waals surface area contributed by atoms with Gasteiger partial charge in [-0.15, -0.1) is 3.77 Å². The van der Waals surface area contributed by atoms with Crippen LogP contribution in [0.25, 0.3) is 0 Å². The van der Waals surface area contributed by atoms with Crippen LogP contribution in [0.4, 0.5) is 0 Å². The Morgan fingerprint density at radius 1 is 0.889 bits per heavy atom. The maximum absolute atomic E-state index is 12.9. The van der Waals surface area contributed by atoms with E-state index in [4.69, 9.17) is 4.74 Å². The Hall–Kier alpha value is -2.44. The van der Waals surface area contributed by atoms with E-state index in [1.807, 2.05) is 61.5 Å². The summed E-state index contributed by atoms with van der Waals surface area (Å²) in [7, 11) is -2.99. The molecule has 6 heteroatoms. The zero-order valence-electron chi connectivity index (χ0n) is 15.2. The molecule has 3 aromatic carbocycles. The summed E-state index contributed by atoms with van der Waals surface area (Å²) < 4.78 is 35.2. The third kappa shape index (κ3) is 5.05. The number of rotatable bonds is 6. The first-order valence-electron chi connectivity index (χ1n) is 8.41. The van der Waals surface area contributed by atoms with E-state index in [0.29, 0.717) is 5.75 Å². The van der Waals surface area contributed by atoms with Crippen molar-refractivity contribution in [2.24, 2.45) is 3.77 Å². The first kappa shape index (κ1) is 19.3. The molecular formula is C21H21NO3S2. The summed E-state index contributed by atoms with van der Waals surface area (Å²) in [6.07, 6.45) is 0. The van der Waals surface area contributed by atoms with Crippen LogP contribution in [0.5, 0.6) is 5.75 Å². The highest BCUT2D eigenvalue weighted by molar-refractivity contribution is 7.99. The molecule has 1 unspecified atom stereocenters. The van der Waals surface area contributed by atoms with Crippen LogP contribution < -0.4 is 4.74 Å². The number of hydrogen-bond donors (Lipinski definition) is 0. The number of hydrogen-bond acceptors (Lipinski definition) is 3. The van der Waals surface area contributed by atoms with Gasteiger partial charge in [0.05, 0.1) is 12.0 Å². The van der Waals surface area contributed by atoms with Crippen LogP contribution in [-0.2, 0) is 26.5 Å². The molecular weight excluding hydrogens is 378 g/mol. The maximum Gasteiger partial charge on any atom is 0.288 e.